The van der Waals surface area contributed by atoms with E-state index < -0.39 is 0 Å². The number of nitrogens with zero attached hydrogens (tertiary/aromatic N) is 1. The molecule has 0 atom stereocenters. The number of aliphatic hydroxyl groups excluding tert-OH is 1. The topological polar surface area (TPSA) is 52.6 Å². The highest BCUT2D eigenvalue weighted by atomic mass is 35.5. The van der Waals surface area contributed by atoms with Gasteiger partial charge in [-0.3, -0.25) is 0 Å². The van der Waals surface area contributed by atoms with E-state index in [1.54, 1.807) is 7.05 Å². The summed E-state index contributed by atoms with van der Waals surface area (Å²) in [5, 5.41) is 12.6. The number of halogens is 1. The van der Waals surface area contributed by atoms with E-state index in [-0.39, 0.29) is 18.1 Å². The molecule has 21 heavy (non-hydrogen) atoms. The average Bonchev–Trinajstić information content (AvgIpc) is 2.95. The number of benzene rings is 1. The minimum absolute atomic E-state index is 0.0133. The predicted octanol–water partition coefficient (Wildman–Crippen LogP) is 2.79. The van der Waals surface area contributed by atoms with Crippen molar-refractivity contribution in [1.82, 2.24) is 10.2 Å². The third kappa shape index (κ3) is 3.89. The van der Waals surface area contributed by atoms with E-state index in [1.807, 2.05) is 18.2 Å². The zero-order valence-corrected chi connectivity index (χ0v) is 13.2. The fourth-order valence-electron chi connectivity index (χ4n) is 3.07. The van der Waals surface area contributed by atoms with Gasteiger partial charge in [-0.25, -0.2) is 4.79 Å². The van der Waals surface area contributed by atoms with Crippen LogP contribution in [0.4, 0.5) is 4.79 Å². The van der Waals surface area contributed by atoms with Gasteiger partial charge in [0.25, 0.3) is 0 Å². The third-order valence-electron chi connectivity index (χ3n) is 4.36. The molecule has 1 saturated carbocycles. The van der Waals surface area contributed by atoms with E-state index in [2.05, 4.69) is 11.4 Å². The van der Waals surface area contributed by atoms with Crippen LogP contribution in [0.2, 0.25) is 5.02 Å². The molecule has 1 aromatic rings. The van der Waals surface area contributed by atoms with Gasteiger partial charge in [-0.1, -0.05) is 36.6 Å². The largest absolute Gasteiger partial charge is 0.395 e. The molecule has 0 heterocycles. The van der Waals surface area contributed by atoms with Gasteiger partial charge in [0.2, 0.25) is 0 Å². The highest BCUT2D eigenvalue weighted by Gasteiger charge is 2.36. The molecule has 2 N–H and O–H groups in total. The zero-order valence-electron chi connectivity index (χ0n) is 12.4. The average molecular weight is 311 g/mol. The number of hydrogen-bond donors (Lipinski definition) is 2. The Hall–Kier alpha value is -1.26. The van der Waals surface area contributed by atoms with Crippen LogP contribution in [0.5, 0.6) is 0 Å². The number of rotatable bonds is 5. The molecular weight excluding hydrogens is 288 g/mol. The van der Waals surface area contributed by atoms with Gasteiger partial charge < -0.3 is 15.3 Å². The van der Waals surface area contributed by atoms with Gasteiger partial charge in [0.15, 0.2) is 0 Å². The zero-order chi connectivity index (χ0) is 15.3. The Labute approximate surface area is 131 Å². The Bertz CT molecular complexity index is 487. The Morgan fingerprint density at radius 2 is 2.14 bits per heavy atom. The molecule has 0 bridgehead atoms. The van der Waals surface area contributed by atoms with Gasteiger partial charge in [-0.05, 0) is 30.5 Å². The summed E-state index contributed by atoms with van der Waals surface area (Å²) in [6.45, 7) is 0.932. The van der Waals surface area contributed by atoms with E-state index >= 15 is 0 Å². The van der Waals surface area contributed by atoms with Crippen molar-refractivity contribution < 1.29 is 9.90 Å². The summed E-state index contributed by atoms with van der Waals surface area (Å²) in [5.41, 5.74) is 1.19. The van der Waals surface area contributed by atoms with Gasteiger partial charge in [-0.15, -0.1) is 0 Å². The Balaban J connectivity index is 2.07. The Morgan fingerprint density at radius 1 is 1.43 bits per heavy atom. The maximum Gasteiger partial charge on any atom is 0.317 e. The number of hydrogen-bond acceptors (Lipinski definition) is 2. The molecule has 0 unspecified atom stereocenters. The van der Waals surface area contributed by atoms with Crippen molar-refractivity contribution in [2.45, 2.75) is 31.1 Å². The minimum atomic E-state index is -0.141. The van der Waals surface area contributed by atoms with Crippen molar-refractivity contribution in [1.29, 1.82) is 0 Å². The van der Waals surface area contributed by atoms with Gasteiger partial charge >= 0.3 is 6.03 Å². The molecule has 1 fully saturated rings. The Morgan fingerprint density at radius 3 is 2.76 bits per heavy atom. The molecule has 5 heteroatoms. The van der Waals surface area contributed by atoms with Crippen LogP contribution in [-0.4, -0.2) is 42.8 Å². The lowest BCUT2D eigenvalue weighted by atomic mass is 9.79. The number of nitrogens with one attached hydrogen (secondary N) is 1. The lowest BCUT2D eigenvalue weighted by Gasteiger charge is -2.31. The summed E-state index contributed by atoms with van der Waals surface area (Å²) in [7, 11) is 1.69. The molecule has 116 valence electrons. The molecule has 0 radical (unpaired) electrons. The van der Waals surface area contributed by atoms with Crippen LogP contribution in [0.1, 0.15) is 31.2 Å². The number of likely N-dealkylation sites (N-methyl/N-ethyl adjacent to an activating group) is 1. The summed E-state index contributed by atoms with van der Waals surface area (Å²) in [6, 6.07) is 7.81. The molecule has 1 aromatic carbocycles. The molecule has 0 spiro atoms. The first kappa shape index (κ1) is 16.1. The SMILES string of the molecule is CN(CCO)C(=O)NCC1(c2cccc(Cl)c2)CCCC1. The molecule has 4 nitrogen and oxygen atoms in total. The highest BCUT2D eigenvalue weighted by molar-refractivity contribution is 6.30. The first-order valence-corrected chi connectivity index (χ1v) is 7.81. The number of carbonyl (C=O) groups excluding carboxylic acids is 1. The smallest absolute Gasteiger partial charge is 0.317 e. The van der Waals surface area contributed by atoms with Crippen molar-refractivity contribution >= 4 is 17.6 Å². The standard InChI is InChI=1S/C16H23ClN2O2/c1-19(9-10-20)15(21)18-12-16(7-2-3-8-16)13-5-4-6-14(17)11-13/h4-6,11,20H,2-3,7-10,12H2,1H3,(H,18,21). The van der Waals surface area contributed by atoms with Crippen LogP contribution in [0, 0.1) is 0 Å². The molecule has 1 aliphatic rings. The summed E-state index contributed by atoms with van der Waals surface area (Å²) in [4.78, 5) is 13.5. The van der Waals surface area contributed by atoms with Crippen LogP contribution in [0.3, 0.4) is 0 Å². The van der Waals surface area contributed by atoms with E-state index in [9.17, 15) is 4.79 Å². The maximum atomic E-state index is 12.0. The van der Waals surface area contributed by atoms with Crippen LogP contribution in [0.15, 0.2) is 24.3 Å². The number of amides is 2. The van der Waals surface area contributed by atoms with Crippen LogP contribution < -0.4 is 5.32 Å². The summed E-state index contributed by atoms with van der Waals surface area (Å²) in [6.07, 6.45) is 4.48. The molecule has 0 aliphatic heterocycles. The fraction of sp³-hybridized carbons (Fsp3) is 0.562. The minimum Gasteiger partial charge on any atom is -0.395 e. The monoisotopic (exact) mass is 310 g/mol. The van der Waals surface area contributed by atoms with Crippen molar-refractivity contribution in [3.63, 3.8) is 0 Å². The summed E-state index contributed by atoms with van der Waals surface area (Å²) in [5.74, 6) is 0. The summed E-state index contributed by atoms with van der Waals surface area (Å²) >= 11 is 6.12. The van der Waals surface area contributed by atoms with Crippen LogP contribution in [0.25, 0.3) is 0 Å². The van der Waals surface area contributed by atoms with Crippen molar-refractivity contribution in [3.05, 3.63) is 34.9 Å². The van der Waals surface area contributed by atoms with Crippen molar-refractivity contribution in [2.24, 2.45) is 0 Å². The molecule has 0 aromatic heterocycles. The van der Waals surface area contributed by atoms with Crippen molar-refractivity contribution in [2.75, 3.05) is 26.7 Å². The van der Waals surface area contributed by atoms with Gasteiger partial charge in [-0.2, -0.15) is 0 Å². The maximum absolute atomic E-state index is 12.0. The van der Waals surface area contributed by atoms with E-state index in [4.69, 9.17) is 16.7 Å². The summed E-state index contributed by atoms with van der Waals surface area (Å²) < 4.78 is 0. The second-order valence-electron chi connectivity index (χ2n) is 5.80. The lowest BCUT2D eigenvalue weighted by Crippen LogP contribution is -2.45. The normalized spacial score (nSPS) is 16.7. The molecule has 2 rings (SSSR count). The molecule has 2 amide bonds. The molecule has 1 aliphatic carbocycles. The Kier molecular flexibility index (Phi) is 5.48. The van der Waals surface area contributed by atoms with E-state index in [1.165, 1.54) is 23.3 Å². The second kappa shape index (κ2) is 7.14. The fourth-order valence-corrected chi connectivity index (χ4v) is 3.26. The lowest BCUT2D eigenvalue weighted by molar-refractivity contribution is 0.188. The third-order valence-corrected chi connectivity index (χ3v) is 4.59. The molecule has 0 saturated heterocycles. The van der Waals surface area contributed by atoms with Gasteiger partial charge in [0.1, 0.15) is 0 Å². The highest BCUT2D eigenvalue weighted by Crippen LogP contribution is 2.41. The van der Waals surface area contributed by atoms with Crippen LogP contribution >= 0.6 is 11.6 Å². The second-order valence-corrected chi connectivity index (χ2v) is 6.24. The van der Waals surface area contributed by atoms with E-state index in [0.717, 1.165) is 17.9 Å². The number of urea groups is 1. The first-order chi connectivity index (χ1) is 10.1. The number of aliphatic hydroxyl groups is 1. The van der Waals surface area contributed by atoms with Gasteiger partial charge in [0, 0.05) is 30.6 Å². The first-order valence-electron chi connectivity index (χ1n) is 7.43. The molecular formula is C16H23ClN2O2. The van der Waals surface area contributed by atoms with Gasteiger partial charge in [0.05, 0.1) is 6.61 Å². The van der Waals surface area contributed by atoms with Crippen molar-refractivity contribution in [3.8, 4) is 0 Å². The predicted molar refractivity (Wildman–Crippen MR) is 84.7 cm³/mol. The van der Waals surface area contributed by atoms with Crippen LogP contribution in [-0.2, 0) is 5.41 Å². The van der Waals surface area contributed by atoms with E-state index in [0.29, 0.717) is 13.1 Å². The number of carbonyl (C=O) groups is 1. The quantitative estimate of drug-likeness (QED) is 0.878.